The summed E-state index contributed by atoms with van der Waals surface area (Å²) in [5.41, 5.74) is 0.357. The van der Waals surface area contributed by atoms with Crippen molar-refractivity contribution in [1.29, 1.82) is 0 Å². The Bertz CT molecular complexity index is 175. The van der Waals surface area contributed by atoms with Crippen LogP contribution < -0.4 is 0 Å². The van der Waals surface area contributed by atoms with Gasteiger partial charge in [-0.1, -0.05) is 6.22 Å². The first-order valence-electron chi connectivity index (χ1n) is 5.30. The monoisotopic (exact) mass is 189 g/mol. The zero-order valence-electron chi connectivity index (χ0n) is 10.3. The highest BCUT2D eigenvalue weighted by molar-refractivity contribution is 6.68. The molecule has 75 valence electrons. The smallest absolute Gasteiger partial charge is 0.288 e. The Kier molecular flexibility index (Phi) is 3.43. The van der Waals surface area contributed by atoms with Gasteiger partial charge >= 0.3 is 0 Å². The molecular weight excluding hydrogens is 169 g/mol. The van der Waals surface area contributed by atoms with Gasteiger partial charge in [0.15, 0.2) is 14.8 Å². The second-order valence-corrected chi connectivity index (χ2v) is 5.87. The molecule has 14 heavy (non-hydrogen) atoms. The largest absolute Gasteiger partial charge is 0.375 e. The summed E-state index contributed by atoms with van der Waals surface area (Å²) in [6, 6.07) is 0. The van der Waals surface area contributed by atoms with Crippen molar-refractivity contribution in [2.24, 2.45) is 0 Å². The summed E-state index contributed by atoms with van der Waals surface area (Å²) in [4.78, 5) is 0. The lowest BCUT2D eigenvalue weighted by atomic mass is 9.53. The van der Waals surface area contributed by atoms with Crippen molar-refractivity contribution in [3.63, 3.8) is 0 Å². The molecule has 1 heterocycles. The molecule has 0 aromatic heterocycles. The Balaban J connectivity index is 2.61. The van der Waals surface area contributed by atoms with E-state index in [2.05, 4.69) is 73.4 Å². The van der Waals surface area contributed by atoms with Gasteiger partial charge in [0.05, 0.1) is 0 Å². The minimum Gasteiger partial charge on any atom is -0.375 e. The molecule has 0 aromatic rings. The van der Waals surface area contributed by atoms with Crippen LogP contribution in [0.2, 0.25) is 6.22 Å². The fourth-order valence-corrected chi connectivity index (χ4v) is 1.40. The lowest BCUT2D eigenvalue weighted by Gasteiger charge is -2.47. The fourth-order valence-electron chi connectivity index (χ4n) is 1.40. The van der Waals surface area contributed by atoms with Crippen molar-refractivity contribution in [1.82, 2.24) is 9.44 Å². The SMILES string of the molecule is CC(C)(C)N1[B]C[B]N(C(C)(C)C)[B]1. The lowest BCUT2D eigenvalue weighted by molar-refractivity contribution is 0.310. The highest BCUT2D eigenvalue weighted by Crippen LogP contribution is 2.20. The molecular formula is C9H20B3N2. The Morgan fingerprint density at radius 2 is 1.14 bits per heavy atom. The molecule has 0 atom stereocenters. The molecule has 0 spiro atoms. The zero-order valence-corrected chi connectivity index (χ0v) is 10.3. The van der Waals surface area contributed by atoms with Gasteiger partial charge in [-0.3, -0.25) is 0 Å². The molecule has 5 heteroatoms. The summed E-state index contributed by atoms with van der Waals surface area (Å²) < 4.78 is 4.58. The molecule has 0 N–H and O–H groups in total. The van der Waals surface area contributed by atoms with Crippen LogP contribution in [0.25, 0.3) is 0 Å². The van der Waals surface area contributed by atoms with Crippen LogP contribution in [0, 0.1) is 0 Å². The first-order valence-corrected chi connectivity index (χ1v) is 5.30. The number of hydrogen-bond donors (Lipinski definition) is 0. The third-order valence-corrected chi connectivity index (χ3v) is 2.40. The molecule has 1 aliphatic heterocycles. The predicted molar refractivity (Wildman–Crippen MR) is 65.3 cm³/mol. The van der Waals surface area contributed by atoms with Gasteiger partial charge in [0, 0.05) is 0 Å². The van der Waals surface area contributed by atoms with Crippen LogP contribution in [0.5, 0.6) is 0 Å². The maximum Gasteiger partial charge on any atom is 0.288 e. The fraction of sp³-hybridized carbons (Fsp3) is 1.00. The van der Waals surface area contributed by atoms with Gasteiger partial charge in [0.2, 0.25) is 0 Å². The van der Waals surface area contributed by atoms with E-state index in [4.69, 9.17) is 0 Å². The van der Waals surface area contributed by atoms with Crippen molar-refractivity contribution < 1.29 is 0 Å². The van der Waals surface area contributed by atoms with E-state index in [1.54, 1.807) is 0 Å². The van der Waals surface area contributed by atoms with Crippen LogP contribution in [0.3, 0.4) is 0 Å². The maximum atomic E-state index is 2.29. The summed E-state index contributed by atoms with van der Waals surface area (Å²) in [5.74, 6) is 0. The summed E-state index contributed by atoms with van der Waals surface area (Å²) in [6.07, 6.45) is 1.02. The highest BCUT2D eigenvalue weighted by Gasteiger charge is 2.33. The Morgan fingerprint density at radius 3 is 1.43 bits per heavy atom. The van der Waals surface area contributed by atoms with Gasteiger partial charge in [-0.25, -0.2) is 0 Å². The van der Waals surface area contributed by atoms with Crippen molar-refractivity contribution in [2.75, 3.05) is 0 Å². The molecule has 0 amide bonds. The second-order valence-electron chi connectivity index (χ2n) is 5.87. The molecule has 0 unspecified atom stereocenters. The van der Waals surface area contributed by atoms with Crippen molar-refractivity contribution in [3.8, 4) is 0 Å². The number of hydrogen-bond acceptors (Lipinski definition) is 2. The van der Waals surface area contributed by atoms with E-state index < -0.39 is 0 Å². The summed E-state index contributed by atoms with van der Waals surface area (Å²) >= 11 is 0. The molecule has 0 aromatic carbocycles. The molecule has 2 nitrogen and oxygen atoms in total. The minimum atomic E-state index is 0.178. The Hall–Kier alpha value is 0.115. The van der Waals surface area contributed by atoms with Gasteiger partial charge in [-0.05, 0) is 52.6 Å². The normalized spacial score (nSPS) is 21.0. The lowest BCUT2D eigenvalue weighted by Crippen LogP contribution is -2.62. The van der Waals surface area contributed by atoms with Gasteiger partial charge in [-0.2, -0.15) is 0 Å². The van der Waals surface area contributed by atoms with Gasteiger partial charge in [0.25, 0.3) is 7.55 Å². The van der Waals surface area contributed by atoms with Crippen molar-refractivity contribution in [2.45, 2.75) is 58.8 Å². The summed E-state index contributed by atoms with van der Waals surface area (Å²) in [5, 5.41) is 0. The summed E-state index contributed by atoms with van der Waals surface area (Å²) in [6.45, 7) is 13.4. The van der Waals surface area contributed by atoms with Crippen LogP contribution in [0.4, 0.5) is 0 Å². The maximum absolute atomic E-state index is 2.29. The van der Waals surface area contributed by atoms with E-state index in [9.17, 15) is 0 Å². The molecule has 0 aliphatic carbocycles. The van der Waals surface area contributed by atoms with Crippen molar-refractivity contribution >= 4 is 22.4 Å². The average Bonchev–Trinajstić information content (AvgIpc) is 2.01. The minimum absolute atomic E-state index is 0.178. The van der Waals surface area contributed by atoms with E-state index in [0.717, 1.165) is 6.22 Å². The van der Waals surface area contributed by atoms with Gasteiger partial charge in [-0.15, -0.1) is 0 Å². The van der Waals surface area contributed by atoms with Crippen molar-refractivity contribution in [3.05, 3.63) is 0 Å². The molecule has 1 fully saturated rings. The first kappa shape index (κ1) is 12.2. The summed E-state index contributed by atoms with van der Waals surface area (Å²) in [7, 11) is 6.67. The number of rotatable bonds is 0. The highest BCUT2D eigenvalue weighted by atomic mass is 15.2. The quantitative estimate of drug-likeness (QED) is 0.530. The van der Waals surface area contributed by atoms with Crippen LogP contribution in [-0.2, 0) is 0 Å². The van der Waals surface area contributed by atoms with Crippen LogP contribution in [0.1, 0.15) is 41.5 Å². The standard InChI is InChI=1S/C9H20B3N2/c1-8(2,3)13-10-7-11-14(12-13)9(4,5)6/h7H2,1-6H3. The Morgan fingerprint density at radius 1 is 0.786 bits per heavy atom. The van der Waals surface area contributed by atoms with Crippen LogP contribution >= 0.6 is 0 Å². The zero-order chi connectivity index (χ0) is 11.0. The average molecular weight is 189 g/mol. The topological polar surface area (TPSA) is 6.48 Å². The van der Waals surface area contributed by atoms with Crippen LogP contribution in [-0.4, -0.2) is 42.9 Å². The molecule has 1 aliphatic rings. The van der Waals surface area contributed by atoms with Crippen LogP contribution in [0.15, 0.2) is 0 Å². The number of nitrogens with zero attached hydrogens (tertiary/aromatic N) is 2. The van der Waals surface area contributed by atoms with Gasteiger partial charge < -0.3 is 9.44 Å². The molecule has 1 saturated heterocycles. The molecule has 0 bridgehead atoms. The predicted octanol–water partition coefficient (Wildman–Crippen LogP) is 1.35. The Labute approximate surface area is 91.2 Å². The third kappa shape index (κ3) is 3.06. The molecule has 1 rings (SSSR count). The first-order chi connectivity index (χ1) is 6.21. The molecule has 0 saturated carbocycles. The second kappa shape index (κ2) is 3.94. The van der Waals surface area contributed by atoms with E-state index in [-0.39, 0.29) is 11.1 Å². The van der Waals surface area contributed by atoms with E-state index in [1.165, 1.54) is 0 Å². The van der Waals surface area contributed by atoms with E-state index in [0.29, 0.717) is 0 Å². The molecule has 3 radical (unpaired) electrons. The third-order valence-electron chi connectivity index (χ3n) is 2.40. The van der Waals surface area contributed by atoms with Gasteiger partial charge in [0.1, 0.15) is 0 Å². The van der Waals surface area contributed by atoms with E-state index in [1.807, 2.05) is 0 Å². The van der Waals surface area contributed by atoms with E-state index >= 15 is 0 Å².